The zero-order valence-corrected chi connectivity index (χ0v) is 6.34. The molecule has 10 heavy (non-hydrogen) atoms. The smallest absolute Gasteiger partial charge is 0.0958 e. The van der Waals surface area contributed by atoms with Crippen molar-refractivity contribution < 1.29 is 9.84 Å². The van der Waals surface area contributed by atoms with E-state index < -0.39 is 0 Å². The van der Waals surface area contributed by atoms with Crippen LogP contribution < -0.4 is 5.32 Å². The van der Waals surface area contributed by atoms with Crippen LogP contribution in [0.15, 0.2) is 0 Å². The number of ether oxygens (including phenoxy) is 1. The molecule has 0 bridgehead atoms. The maximum atomic E-state index is 9.32. The SMILES string of the molecule is CCC(O)C1CNCCO1. The molecule has 1 saturated heterocycles. The third kappa shape index (κ3) is 1.94. The summed E-state index contributed by atoms with van der Waals surface area (Å²) in [6.07, 6.45) is 0.485. The molecule has 0 radical (unpaired) electrons. The lowest BCUT2D eigenvalue weighted by Crippen LogP contribution is -2.44. The summed E-state index contributed by atoms with van der Waals surface area (Å²) in [4.78, 5) is 0. The van der Waals surface area contributed by atoms with Gasteiger partial charge in [0.1, 0.15) is 0 Å². The first-order valence-electron chi connectivity index (χ1n) is 3.85. The normalized spacial score (nSPS) is 30.0. The summed E-state index contributed by atoms with van der Waals surface area (Å²) in [5, 5.41) is 12.5. The number of nitrogens with one attached hydrogen (secondary N) is 1. The molecule has 3 heteroatoms. The van der Waals surface area contributed by atoms with Crippen molar-refractivity contribution >= 4 is 0 Å². The molecule has 1 aliphatic rings. The van der Waals surface area contributed by atoms with Crippen molar-refractivity contribution in [2.75, 3.05) is 19.7 Å². The van der Waals surface area contributed by atoms with E-state index in [1.54, 1.807) is 0 Å². The van der Waals surface area contributed by atoms with E-state index in [1.807, 2.05) is 6.92 Å². The van der Waals surface area contributed by atoms with Crippen molar-refractivity contribution in [2.24, 2.45) is 0 Å². The van der Waals surface area contributed by atoms with E-state index in [2.05, 4.69) is 5.32 Å². The highest BCUT2D eigenvalue weighted by molar-refractivity contribution is 4.73. The lowest BCUT2D eigenvalue weighted by molar-refractivity contribution is -0.0529. The largest absolute Gasteiger partial charge is 0.390 e. The summed E-state index contributed by atoms with van der Waals surface area (Å²) in [6, 6.07) is 0. The summed E-state index contributed by atoms with van der Waals surface area (Å²) >= 11 is 0. The number of aliphatic hydroxyl groups is 1. The summed E-state index contributed by atoms with van der Waals surface area (Å²) in [6.45, 7) is 4.38. The number of hydrogen-bond acceptors (Lipinski definition) is 3. The molecule has 3 nitrogen and oxygen atoms in total. The Labute approximate surface area is 61.4 Å². The summed E-state index contributed by atoms with van der Waals surface area (Å²) in [5.41, 5.74) is 0. The van der Waals surface area contributed by atoms with Crippen LogP contribution in [0.2, 0.25) is 0 Å². The first-order valence-corrected chi connectivity index (χ1v) is 3.85. The minimum Gasteiger partial charge on any atom is -0.390 e. The van der Waals surface area contributed by atoms with Crippen molar-refractivity contribution in [1.29, 1.82) is 0 Å². The van der Waals surface area contributed by atoms with Crippen LogP contribution in [0.1, 0.15) is 13.3 Å². The third-order valence-corrected chi connectivity index (χ3v) is 1.80. The number of aliphatic hydroxyl groups excluding tert-OH is 1. The van der Waals surface area contributed by atoms with Crippen LogP contribution in [0.3, 0.4) is 0 Å². The number of morpholine rings is 1. The second kappa shape index (κ2) is 3.91. The monoisotopic (exact) mass is 145 g/mol. The molecule has 2 atom stereocenters. The highest BCUT2D eigenvalue weighted by atomic mass is 16.5. The van der Waals surface area contributed by atoms with E-state index in [0.717, 1.165) is 26.1 Å². The van der Waals surface area contributed by atoms with E-state index in [9.17, 15) is 5.11 Å². The first kappa shape index (κ1) is 7.98. The highest BCUT2D eigenvalue weighted by Crippen LogP contribution is 2.04. The van der Waals surface area contributed by atoms with E-state index in [1.165, 1.54) is 0 Å². The molecule has 1 fully saturated rings. The fraction of sp³-hybridized carbons (Fsp3) is 1.00. The molecule has 60 valence electrons. The van der Waals surface area contributed by atoms with Crippen molar-refractivity contribution in [1.82, 2.24) is 5.32 Å². The predicted molar refractivity (Wildman–Crippen MR) is 38.9 cm³/mol. The number of hydrogen-bond donors (Lipinski definition) is 2. The summed E-state index contributed by atoms with van der Waals surface area (Å²) in [7, 11) is 0. The average molecular weight is 145 g/mol. The van der Waals surface area contributed by atoms with Gasteiger partial charge >= 0.3 is 0 Å². The Morgan fingerprint density at radius 1 is 1.80 bits per heavy atom. The maximum absolute atomic E-state index is 9.32. The second-order valence-corrected chi connectivity index (χ2v) is 2.59. The molecular formula is C7H15NO2. The topological polar surface area (TPSA) is 41.5 Å². The minimum absolute atomic E-state index is 0.0127. The van der Waals surface area contributed by atoms with Gasteiger partial charge in [-0.3, -0.25) is 0 Å². The molecule has 0 aliphatic carbocycles. The van der Waals surface area contributed by atoms with Crippen LogP contribution in [0.4, 0.5) is 0 Å². The second-order valence-electron chi connectivity index (χ2n) is 2.59. The van der Waals surface area contributed by atoms with Gasteiger partial charge in [-0.25, -0.2) is 0 Å². The standard InChI is InChI=1S/C7H15NO2/c1-2-6(9)7-5-8-3-4-10-7/h6-9H,2-5H2,1H3. The molecule has 0 aromatic heterocycles. The molecule has 0 amide bonds. The van der Waals surface area contributed by atoms with Gasteiger partial charge in [0.25, 0.3) is 0 Å². The first-order chi connectivity index (χ1) is 4.84. The Balaban J connectivity index is 2.24. The Bertz CT molecular complexity index is 91.6. The fourth-order valence-electron chi connectivity index (χ4n) is 1.10. The minimum atomic E-state index is -0.298. The van der Waals surface area contributed by atoms with Gasteiger partial charge in [0.15, 0.2) is 0 Å². The third-order valence-electron chi connectivity index (χ3n) is 1.80. The summed E-state index contributed by atoms with van der Waals surface area (Å²) < 4.78 is 5.32. The van der Waals surface area contributed by atoms with E-state index >= 15 is 0 Å². The Morgan fingerprint density at radius 3 is 3.10 bits per heavy atom. The Hall–Kier alpha value is -0.120. The quantitative estimate of drug-likeness (QED) is 0.563. The zero-order chi connectivity index (χ0) is 7.40. The van der Waals surface area contributed by atoms with Gasteiger partial charge in [-0.2, -0.15) is 0 Å². The lowest BCUT2D eigenvalue weighted by atomic mass is 10.1. The number of rotatable bonds is 2. The van der Waals surface area contributed by atoms with Crippen LogP contribution in [0.25, 0.3) is 0 Å². The van der Waals surface area contributed by atoms with Crippen molar-refractivity contribution in [3.8, 4) is 0 Å². The van der Waals surface area contributed by atoms with Crippen molar-refractivity contribution in [3.05, 3.63) is 0 Å². The van der Waals surface area contributed by atoms with Crippen LogP contribution in [0.5, 0.6) is 0 Å². The van der Waals surface area contributed by atoms with Crippen molar-refractivity contribution in [3.63, 3.8) is 0 Å². The van der Waals surface area contributed by atoms with Gasteiger partial charge in [0.05, 0.1) is 18.8 Å². The molecule has 1 rings (SSSR count). The zero-order valence-electron chi connectivity index (χ0n) is 6.34. The van der Waals surface area contributed by atoms with Gasteiger partial charge in [-0.1, -0.05) is 6.92 Å². The Kier molecular flexibility index (Phi) is 3.12. The molecule has 2 N–H and O–H groups in total. The van der Waals surface area contributed by atoms with Gasteiger partial charge in [0, 0.05) is 13.1 Å². The van der Waals surface area contributed by atoms with Gasteiger partial charge in [-0.15, -0.1) is 0 Å². The van der Waals surface area contributed by atoms with Crippen LogP contribution in [-0.2, 0) is 4.74 Å². The maximum Gasteiger partial charge on any atom is 0.0958 e. The van der Waals surface area contributed by atoms with E-state index in [0.29, 0.717) is 0 Å². The molecule has 0 aromatic carbocycles. The Morgan fingerprint density at radius 2 is 2.60 bits per heavy atom. The molecule has 2 unspecified atom stereocenters. The molecule has 1 aliphatic heterocycles. The molecule has 1 heterocycles. The summed E-state index contributed by atoms with van der Waals surface area (Å²) in [5.74, 6) is 0. The molecule has 0 aromatic rings. The van der Waals surface area contributed by atoms with Gasteiger partial charge < -0.3 is 15.2 Å². The van der Waals surface area contributed by atoms with E-state index in [-0.39, 0.29) is 12.2 Å². The van der Waals surface area contributed by atoms with Gasteiger partial charge in [0.2, 0.25) is 0 Å². The van der Waals surface area contributed by atoms with Gasteiger partial charge in [-0.05, 0) is 6.42 Å². The molecule has 0 saturated carbocycles. The molecule has 0 spiro atoms. The highest BCUT2D eigenvalue weighted by Gasteiger charge is 2.19. The van der Waals surface area contributed by atoms with Crippen molar-refractivity contribution in [2.45, 2.75) is 25.6 Å². The lowest BCUT2D eigenvalue weighted by Gasteiger charge is -2.26. The van der Waals surface area contributed by atoms with Crippen LogP contribution in [-0.4, -0.2) is 37.0 Å². The average Bonchev–Trinajstić information content (AvgIpc) is 2.05. The molecular weight excluding hydrogens is 130 g/mol. The predicted octanol–water partition coefficient (Wildman–Crippen LogP) is -0.254. The fourth-order valence-corrected chi connectivity index (χ4v) is 1.10. The van der Waals surface area contributed by atoms with E-state index in [4.69, 9.17) is 4.74 Å². The van der Waals surface area contributed by atoms with Crippen LogP contribution in [0, 0.1) is 0 Å². The van der Waals surface area contributed by atoms with Crippen LogP contribution >= 0.6 is 0 Å².